The number of anilines is 1. The fraction of sp³-hybridized carbons (Fsp3) is 0.194. The quantitative estimate of drug-likeness (QED) is 0.218. The van der Waals surface area contributed by atoms with Crippen molar-refractivity contribution in [3.8, 4) is 5.75 Å². The summed E-state index contributed by atoms with van der Waals surface area (Å²) in [6.07, 6.45) is 3.66. The average Bonchev–Trinajstić information content (AvgIpc) is 3.55. The van der Waals surface area contributed by atoms with Crippen LogP contribution in [0.3, 0.4) is 0 Å². The molecule has 0 unspecified atom stereocenters. The number of primary amides is 1. The highest BCUT2D eigenvalue weighted by Gasteiger charge is 2.21. The molecule has 0 aliphatic rings. The Morgan fingerprint density at radius 1 is 0.976 bits per heavy atom. The molecule has 0 spiro atoms. The zero-order valence-corrected chi connectivity index (χ0v) is 23.5. The molecule has 0 fully saturated rings. The maximum atomic E-state index is 13.2. The summed E-state index contributed by atoms with van der Waals surface area (Å²) in [7, 11) is 1.48. The number of amides is 3. The third-order valence-electron chi connectivity index (χ3n) is 6.82. The Kier molecular flexibility index (Phi) is 8.00. The lowest BCUT2D eigenvalue weighted by Crippen LogP contribution is -2.23. The lowest BCUT2D eigenvalue weighted by Gasteiger charge is -2.11. The third kappa shape index (κ3) is 5.71. The van der Waals surface area contributed by atoms with Crippen LogP contribution in [0.25, 0.3) is 21.8 Å². The summed E-state index contributed by atoms with van der Waals surface area (Å²) in [6, 6.07) is 18.2. The van der Waals surface area contributed by atoms with Crippen molar-refractivity contribution in [1.29, 1.82) is 0 Å². The Morgan fingerprint density at radius 2 is 1.76 bits per heavy atom. The van der Waals surface area contributed by atoms with Crippen LogP contribution in [0.1, 0.15) is 43.8 Å². The fourth-order valence-electron chi connectivity index (χ4n) is 4.78. The minimum absolute atomic E-state index is 0.185. The smallest absolute Gasteiger partial charge is 0.276 e. The molecule has 0 bridgehead atoms. The van der Waals surface area contributed by atoms with E-state index in [0.29, 0.717) is 34.6 Å². The van der Waals surface area contributed by atoms with E-state index in [2.05, 4.69) is 20.7 Å². The monoisotopic (exact) mass is 565 g/mol. The van der Waals surface area contributed by atoms with Gasteiger partial charge in [-0.15, -0.1) is 0 Å². The molecule has 11 heteroatoms. The van der Waals surface area contributed by atoms with Crippen molar-refractivity contribution >= 4 is 45.5 Å². The van der Waals surface area contributed by atoms with Crippen LogP contribution in [0.4, 0.5) is 5.95 Å². The van der Waals surface area contributed by atoms with Gasteiger partial charge in [0.1, 0.15) is 17.0 Å². The van der Waals surface area contributed by atoms with Crippen LogP contribution in [0.5, 0.6) is 5.75 Å². The number of aryl methyl sites for hydroxylation is 2. The summed E-state index contributed by atoms with van der Waals surface area (Å²) < 4.78 is 8.94. The maximum Gasteiger partial charge on any atom is 0.276 e. The number of imidazole rings is 1. The largest absolute Gasteiger partial charge is 0.494 e. The third-order valence-corrected chi connectivity index (χ3v) is 6.82. The summed E-state index contributed by atoms with van der Waals surface area (Å²) >= 11 is 0. The van der Waals surface area contributed by atoms with Gasteiger partial charge in [-0.2, -0.15) is 5.10 Å². The molecule has 0 saturated heterocycles. The molecular formula is C31H31N7O4. The molecule has 11 nitrogen and oxygen atoms in total. The van der Waals surface area contributed by atoms with Gasteiger partial charge in [-0.05, 0) is 55.0 Å². The predicted octanol–water partition coefficient (Wildman–Crippen LogP) is 4.06. The molecule has 3 amide bonds. The number of ether oxygens (including phenoxy) is 1. The van der Waals surface area contributed by atoms with E-state index in [0.717, 1.165) is 16.5 Å². The van der Waals surface area contributed by atoms with Gasteiger partial charge >= 0.3 is 0 Å². The van der Waals surface area contributed by atoms with Crippen LogP contribution in [0.15, 0.2) is 72.8 Å². The Hall–Kier alpha value is -5.45. The SMILES string of the molecule is CCn1nc(C)cc1C(=O)Nc1nc2cc(C(N)=O)cc(OC)c2n1C/C=C/CNC(=O)c1ccc2ccccc2c1. The maximum absolute atomic E-state index is 13.2. The Balaban J connectivity index is 1.38. The minimum Gasteiger partial charge on any atom is -0.494 e. The van der Waals surface area contributed by atoms with Gasteiger partial charge in [0.05, 0.1) is 18.3 Å². The number of rotatable bonds is 10. The van der Waals surface area contributed by atoms with E-state index < -0.39 is 5.91 Å². The van der Waals surface area contributed by atoms with Crippen molar-refractivity contribution in [3.63, 3.8) is 0 Å². The zero-order chi connectivity index (χ0) is 29.8. The number of aromatic nitrogens is 4. The van der Waals surface area contributed by atoms with E-state index in [9.17, 15) is 14.4 Å². The number of fused-ring (bicyclic) bond motifs is 2. The van der Waals surface area contributed by atoms with Gasteiger partial charge in [0.15, 0.2) is 0 Å². The number of nitrogens with zero attached hydrogens (tertiary/aromatic N) is 4. The minimum atomic E-state index is -0.625. The number of nitrogens with two attached hydrogens (primary N) is 1. The molecule has 42 heavy (non-hydrogen) atoms. The number of hydrogen-bond donors (Lipinski definition) is 3. The van der Waals surface area contributed by atoms with E-state index in [1.807, 2.05) is 62.4 Å². The number of methoxy groups -OCH3 is 1. The van der Waals surface area contributed by atoms with Crippen LogP contribution in [0, 0.1) is 6.92 Å². The van der Waals surface area contributed by atoms with Crippen LogP contribution < -0.4 is 21.1 Å². The molecule has 2 heterocycles. The first-order valence-corrected chi connectivity index (χ1v) is 13.4. The summed E-state index contributed by atoms with van der Waals surface area (Å²) in [5.41, 5.74) is 8.43. The molecule has 0 saturated carbocycles. The second kappa shape index (κ2) is 12.0. The fourth-order valence-corrected chi connectivity index (χ4v) is 4.78. The predicted molar refractivity (Wildman–Crippen MR) is 161 cm³/mol. The standard InChI is InChI=1S/C31H31N7O4/c1-4-38-25(15-19(2)36-38)30(41)35-31-34-24-17-23(28(32)39)18-26(42-3)27(24)37(31)14-8-7-13-33-29(40)22-12-11-20-9-5-6-10-21(20)16-22/h5-12,15-18H,4,13-14H2,1-3H3,(H2,32,39)(H,33,40)(H,34,35,41)/b8-7+. The first-order valence-electron chi connectivity index (χ1n) is 13.4. The van der Waals surface area contributed by atoms with Crippen LogP contribution >= 0.6 is 0 Å². The van der Waals surface area contributed by atoms with E-state index in [4.69, 9.17) is 10.5 Å². The molecular weight excluding hydrogens is 534 g/mol. The van der Waals surface area contributed by atoms with E-state index in [1.165, 1.54) is 13.2 Å². The topological polar surface area (TPSA) is 146 Å². The number of carbonyl (C=O) groups is 3. The normalized spacial score (nSPS) is 11.3. The van der Waals surface area contributed by atoms with Crippen molar-refractivity contribution in [3.05, 3.63) is 95.3 Å². The first kappa shape index (κ1) is 28.1. The summed E-state index contributed by atoms with van der Waals surface area (Å²) in [6.45, 7) is 4.82. The molecule has 5 aromatic rings. The molecule has 214 valence electrons. The molecule has 0 aliphatic heterocycles. The lowest BCUT2D eigenvalue weighted by molar-refractivity contribution is 0.0955. The van der Waals surface area contributed by atoms with Crippen LogP contribution in [-0.4, -0.2) is 50.7 Å². The van der Waals surface area contributed by atoms with E-state index >= 15 is 0 Å². The van der Waals surface area contributed by atoms with Gasteiger partial charge < -0.3 is 20.4 Å². The lowest BCUT2D eigenvalue weighted by atomic mass is 10.1. The number of hydrogen-bond acceptors (Lipinski definition) is 6. The highest BCUT2D eigenvalue weighted by Crippen LogP contribution is 2.31. The molecule has 4 N–H and O–H groups in total. The number of benzene rings is 3. The van der Waals surface area contributed by atoms with E-state index in [-0.39, 0.29) is 36.4 Å². The van der Waals surface area contributed by atoms with Crippen molar-refractivity contribution in [1.82, 2.24) is 24.6 Å². The second-order valence-corrected chi connectivity index (χ2v) is 9.64. The van der Waals surface area contributed by atoms with Crippen molar-refractivity contribution in [2.24, 2.45) is 5.73 Å². The number of nitrogens with one attached hydrogen (secondary N) is 2. The molecule has 5 rings (SSSR count). The van der Waals surface area contributed by atoms with Gasteiger partial charge in [-0.25, -0.2) is 4.98 Å². The molecule has 2 aromatic heterocycles. The van der Waals surface area contributed by atoms with Crippen molar-refractivity contribution < 1.29 is 19.1 Å². The summed E-state index contributed by atoms with van der Waals surface area (Å²) in [5, 5.41) is 12.2. The molecule has 3 aromatic carbocycles. The summed E-state index contributed by atoms with van der Waals surface area (Å²) in [5.74, 6) is -0.563. The average molecular weight is 566 g/mol. The van der Waals surface area contributed by atoms with Gasteiger partial charge in [-0.3, -0.25) is 24.4 Å². The van der Waals surface area contributed by atoms with Gasteiger partial charge in [0.2, 0.25) is 11.9 Å². The Labute approximate surface area is 242 Å². The summed E-state index contributed by atoms with van der Waals surface area (Å²) in [4.78, 5) is 42.5. The number of allylic oxidation sites excluding steroid dienone is 1. The molecule has 0 radical (unpaired) electrons. The highest BCUT2D eigenvalue weighted by atomic mass is 16.5. The van der Waals surface area contributed by atoms with Gasteiger partial charge in [0, 0.05) is 30.8 Å². The number of carbonyl (C=O) groups excluding carboxylic acids is 3. The first-order chi connectivity index (χ1) is 20.3. The Morgan fingerprint density at radius 3 is 2.50 bits per heavy atom. The second-order valence-electron chi connectivity index (χ2n) is 9.64. The molecule has 0 atom stereocenters. The van der Waals surface area contributed by atoms with Crippen molar-refractivity contribution in [2.75, 3.05) is 19.0 Å². The van der Waals surface area contributed by atoms with Crippen molar-refractivity contribution in [2.45, 2.75) is 26.9 Å². The highest BCUT2D eigenvalue weighted by molar-refractivity contribution is 6.04. The van der Waals surface area contributed by atoms with Crippen LogP contribution in [-0.2, 0) is 13.1 Å². The Bertz CT molecular complexity index is 1850. The van der Waals surface area contributed by atoms with Crippen LogP contribution in [0.2, 0.25) is 0 Å². The molecule has 0 aliphatic carbocycles. The van der Waals surface area contributed by atoms with E-state index in [1.54, 1.807) is 27.4 Å². The zero-order valence-electron chi connectivity index (χ0n) is 23.5. The van der Waals surface area contributed by atoms with Gasteiger partial charge in [0.25, 0.3) is 11.8 Å². The van der Waals surface area contributed by atoms with Gasteiger partial charge in [-0.1, -0.05) is 42.5 Å².